The van der Waals surface area contributed by atoms with Crippen molar-refractivity contribution in [3.05, 3.63) is 95.0 Å². The first-order chi connectivity index (χ1) is 18.8. The van der Waals surface area contributed by atoms with Crippen LogP contribution in [-0.4, -0.2) is 63.0 Å². The van der Waals surface area contributed by atoms with Crippen LogP contribution in [0.25, 0.3) is 0 Å². The van der Waals surface area contributed by atoms with E-state index in [0.717, 1.165) is 5.56 Å². The number of amides is 1. The predicted molar refractivity (Wildman–Crippen MR) is 150 cm³/mol. The molecule has 4 rings (SSSR count). The van der Waals surface area contributed by atoms with E-state index < -0.39 is 21.3 Å². The van der Waals surface area contributed by atoms with Crippen molar-refractivity contribution in [1.29, 1.82) is 0 Å². The van der Waals surface area contributed by atoms with E-state index in [0.29, 0.717) is 42.3 Å². The Bertz CT molecular complexity index is 1380. The van der Waals surface area contributed by atoms with Gasteiger partial charge >= 0.3 is 0 Å². The zero-order valence-corrected chi connectivity index (χ0v) is 23.0. The molecule has 0 spiro atoms. The van der Waals surface area contributed by atoms with Crippen LogP contribution in [0, 0.1) is 0 Å². The highest BCUT2D eigenvalue weighted by molar-refractivity contribution is 7.91. The van der Waals surface area contributed by atoms with Crippen molar-refractivity contribution in [1.82, 2.24) is 5.32 Å². The van der Waals surface area contributed by atoms with Gasteiger partial charge in [-0.3, -0.25) is 4.79 Å². The molecular formula is C29H31ClN2O6S. The van der Waals surface area contributed by atoms with E-state index in [4.69, 9.17) is 26.2 Å². The van der Waals surface area contributed by atoms with Crippen LogP contribution in [0.15, 0.2) is 88.8 Å². The Hall–Kier alpha value is -3.40. The number of carbonyl (C=O) groups is 1. The lowest BCUT2D eigenvalue weighted by atomic mass is 9.97. The molecule has 0 saturated carbocycles. The lowest BCUT2D eigenvalue weighted by molar-refractivity contribution is -0.126. The molecule has 8 nitrogen and oxygen atoms in total. The fraction of sp³-hybridized carbons (Fsp3) is 0.310. The average Bonchev–Trinajstić information content (AvgIpc) is 3.40. The molecule has 10 heteroatoms. The van der Waals surface area contributed by atoms with Crippen molar-refractivity contribution in [3.8, 4) is 5.75 Å². The summed E-state index contributed by atoms with van der Waals surface area (Å²) >= 11 is 5.95. The molecule has 39 heavy (non-hydrogen) atoms. The van der Waals surface area contributed by atoms with E-state index in [1.165, 1.54) is 12.1 Å². The SMILES string of the molecule is O=C(NCCc1ccc(Cl)cc1)[C@@]1(CCS(=O)(=O)c2ccccc2)COC(c2ccc(OCCCO)cc2)=N1. The van der Waals surface area contributed by atoms with Crippen LogP contribution in [0.3, 0.4) is 0 Å². The van der Waals surface area contributed by atoms with Crippen molar-refractivity contribution in [2.75, 3.05) is 32.1 Å². The minimum atomic E-state index is -3.64. The number of nitrogens with one attached hydrogen (secondary N) is 1. The topological polar surface area (TPSA) is 114 Å². The van der Waals surface area contributed by atoms with E-state index in [9.17, 15) is 13.2 Å². The highest BCUT2D eigenvalue weighted by Gasteiger charge is 2.45. The molecule has 2 N–H and O–H groups in total. The van der Waals surface area contributed by atoms with Crippen molar-refractivity contribution in [3.63, 3.8) is 0 Å². The van der Waals surface area contributed by atoms with E-state index in [1.807, 2.05) is 12.1 Å². The van der Waals surface area contributed by atoms with E-state index in [1.54, 1.807) is 54.6 Å². The van der Waals surface area contributed by atoms with Crippen molar-refractivity contribution in [2.45, 2.75) is 29.7 Å². The summed E-state index contributed by atoms with van der Waals surface area (Å²) in [6.07, 6.45) is 1.07. The van der Waals surface area contributed by atoms with Crippen LogP contribution >= 0.6 is 11.6 Å². The molecule has 1 aliphatic heterocycles. The van der Waals surface area contributed by atoms with Gasteiger partial charge in [0, 0.05) is 30.2 Å². The summed E-state index contributed by atoms with van der Waals surface area (Å²) in [6, 6.07) is 22.6. The Kier molecular flexibility index (Phi) is 9.61. The van der Waals surface area contributed by atoms with Gasteiger partial charge in [-0.05, 0) is 66.9 Å². The molecule has 1 aliphatic rings. The van der Waals surface area contributed by atoms with Gasteiger partial charge in [0.05, 0.1) is 17.3 Å². The average molecular weight is 571 g/mol. The fourth-order valence-electron chi connectivity index (χ4n) is 4.09. The predicted octanol–water partition coefficient (Wildman–Crippen LogP) is 3.84. The normalized spacial score (nSPS) is 16.8. The van der Waals surface area contributed by atoms with Crippen molar-refractivity contribution in [2.24, 2.45) is 4.99 Å². The summed E-state index contributed by atoms with van der Waals surface area (Å²) in [4.78, 5) is 18.3. The fourth-order valence-corrected chi connectivity index (χ4v) is 5.63. The highest BCUT2D eigenvalue weighted by Crippen LogP contribution is 2.28. The first-order valence-corrected chi connectivity index (χ1v) is 14.7. The minimum Gasteiger partial charge on any atom is -0.494 e. The van der Waals surface area contributed by atoms with Crippen LogP contribution in [0.2, 0.25) is 5.02 Å². The third kappa shape index (κ3) is 7.59. The Labute approximate surface area is 233 Å². The van der Waals surface area contributed by atoms with Crippen molar-refractivity contribution < 1.29 is 27.8 Å². The standard InChI is InChI=1S/C29H31ClN2O6S/c30-24-11-7-22(8-12-24)15-17-31-28(34)29(16-20-39(35,36)26-5-2-1-3-6-26)21-38-27(32-29)23-9-13-25(14-10-23)37-19-4-18-33/h1-3,5-14,33H,4,15-21H2,(H,31,34)/t29-/m1/s1. The number of aliphatic hydroxyl groups is 1. The largest absolute Gasteiger partial charge is 0.494 e. The molecule has 0 radical (unpaired) electrons. The first-order valence-electron chi connectivity index (χ1n) is 12.7. The van der Waals surface area contributed by atoms with Gasteiger partial charge in [0.15, 0.2) is 15.4 Å². The molecular weight excluding hydrogens is 540 g/mol. The molecule has 0 aliphatic carbocycles. The number of rotatable bonds is 13. The van der Waals surface area contributed by atoms with Crippen molar-refractivity contribution >= 4 is 33.2 Å². The van der Waals surface area contributed by atoms with Gasteiger partial charge in [0.2, 0.25) is 5.90 Å². The number of halogens is 1. The van der Waals surface area contributed by atoms with E-state index >= 15 is 0 Å². The third-order valence-electron chi connectivity index (χ3n) is 6.36. The Morgan fingerprint density at radius 2 is 1.77 bits per heavy atom. The van der Waals surface area contributed by atoms with Gasteiger partial charge in [-0.2, -0.15) is 0 Å². The number of aliphatic imine (C=N–C) groups is 1. The Balaban J connectivity index is 1.51. The first kappa shape index (κ1) is 28.6. The molecule has 206 valence electrons. The summed E-state index contributed by atoms with van der Waals surface area (Å²) in [5.41, 5.74) is 0.257. The van der Waals surface area contributed by atoms with Gasteiger partial charge in [-0.25, -0.2) is 13.4 Å². The molecule has 1 heterocycles. The molecule has 0 bridgehead atoms. The number of hydrogen-bond acceptors (Lipinski definition) is 7. The summed E-state index contributed by atoms with van der Waals surface area (Å²) in [7, 11) is -3.64. The van der Waals surface area contributed by atoms with Gasteiger partial charge < -0.3 is 19.9 Å². The molecule has 3 aromatic carbocycles. The second kappa shape index (κ2) is 13.1. The molecule has 0 fully saturated rings. The summed E-state index contributed by atoms with van der Waals surface area (Å²) in [5.74, 6) is 0.242. The maximum Gasteiger partial charge on any atom is 0.251 e. The molecule has 0 unspecified atom stereocenters. The van der Waals surface area contributed by atoms with Gasteiger partial charge in [-0.15, -0.1) is 0 Å². The van der Waals surface area contributed by atoms with Crippen LogP contribution in [0.1, 0.15) is 24.0 Å². The van der Waals surface area contributed by atoms with Gasteiger partial charge in [0.25, 0.3) is 5.91 Å². The second-order valence-corrected chi connectivity index (χ2v) is 11.7. The van der Waals surface area contributed by atoms with Crippen LogP contribution in [0.5, 0.6) is 5.75 Å². The number of aliphatic hydroxyl groups excluding tert-OH is 1. The van der Waals surface area contributed by atoms with E-state index in [2.05, 4.69) is 10.3 Å². The Morgan fingerprint density at radius 1 is 1.05 bits per heavy atom. The van der Waals surface area contributed by atoms with Gasteiger partial charge in [-0.1, -0.05) is 41.9 Å². The maximum absolute atomic E-state index is 13.5. The number of nitrogens with zero attached hydrogens (tertiary/aromatic N) is 1. The molecule has 1 amide bonds. The monoisotopic (exact) mass is 570 g/mol. The number of benzene rings is 3. The zero-order valence-electron chi connectivity index (χ0n) is 21.4. The number of sulfone groups is 1. The smallest absolute Gasteiger partial charge is 0.251 e. The quantitative estimate of drug-likeness (QED) is 0.302. The molecule has 3 aromatic rings. The molecule has 1 atom stereocenters. The van der Waals surface area contributed by atoms with Crippen LogP contribution in [-0.2, 0) is 25.8 Å². The summed E-state index contributed by atoms with van der Waals surface area (Å²) < 4.78 is 37.5. The number of ether oxygens (including phenoxy) is 2. The van der Waals surface area contributed by atoms with E-state index in [-0.39, 0.29) is 36.2 Å². The molecule has 0 saturated heterocycles. The lowest BCUT2D eigenvalue weighted by Crippen LogP contribution is -2.48. The number of carbonyl (C=O) groups excluding carboxylic acids is 1. The Morgan fingerprint density at radius 3 is 2.46 bits per heavy atom. The van der Waals surface area contributed by atoms with Crippen LogP contribution < -0.4 is 10.1 Å². The second-order valence-electron chi connectivity index (χ2n) is 9.20. The highest BCUT2D eigenvalue weighted by atomic mass is 35.5. The zero-order chi connectivity index (χ0) is 27.7. The molecule has 0 aromatic heterocycles. The maximum atomic E-state index is 13.5. The number of hydrogen-bond donors (Lipinski definition) is 2. The minimum absolute atomic E-state index is 0.0388. The van der Waals surface area contributed by atoms with Crippen LogP contribution in [0.4, 0.5) is 0 Å². The summed E-state index contributed by atoms with van der Waals surface area (Å²) in [5, 5.41) is 12.5. The summed E-state index contributed by atoms with van der Waals surface area (Å²) in [6.45, 7) is 0.710. The lowest BCUT2D eigenvalue weighted by Gasteiger charge is -2.23. The third-order valence-corrected chi connectivity index (χ3v) is 8.34. The van der Waals surface area contributed by atoms with Gasteiger partial charge in [0.1, 0.15) is 12.4 Å².